The van der Waals surface area contributed by atoms with Gasteiger partial charge in [-0.25, -0.2) is 13.2 Å². The van der Waals surface area contributed by atoms with Gasteiger partial charge in [0.15, 0.2) is 23.1 Å². The molecule has 0 amide bonds. The Bertz CT molecular complexity index is 830. The number of Topliss-reactive ketones (excluding diaryl/α,β-unsaturated/α-hetero) is 1. The van der Waals surface area contributed by atoms with E-state index >= 15 is 4.39 Å². The first-order valence-corrected chi connectivity index (χ1v) is 8.20. The van der Waals surface area contributed by atoms with Gasteiger partial charge in [0, 0.05) is 23.2 Å². The molecule has 1 aromatic carbocycles. The normalized spacial score (nSPS) is 22.5. The van der Waals surface area contributed by atoms with Crippen LogP contribution in [0.3, 0.4) is 0 Å². The van der Waals surface area contributed by atoms with Crippen LogP contribution in [0, 0.1) is 11.6 Å². The Morgan fingerprint density at radius 1 is 1.36 bits per heavy atom. The maximum Gasteiger partial charge on any atom is 0.195 e. The zero-order valence-corrected chi connectivity index (χ0v) is 13.9. The predicted octanol–water partition coefficient (Wildman–Crippen LogP) is 4.21. The van der Waals surface area contributed by atoms with Crippen molar-refractivity contribution in [1.29, 1.82) is 0 Å². The number of hydrogen-bond donors (Lipinski definition) is 1. The van der Waals surface area contributed by atoms with Crippen LogP contribution in [0.15, 0.2) is 30.5 Å². The average molecular weight is 370 g/mol. The van der Waals surface area contributed by atoms with Gasteiger partial charge in [-0.1, -0.05) is 17.7 Å². The maximum atomic E-state index is 15.4. The number of pyridine rings is 1. The molecule has 1 aliphatic carbocycles. The highest BCUT2D eigenvalue weighted by Gasteiger charge is 2.45. The molecule has 2 atom stereocenters. The molecule has 25 heavy (non-hydrogen) atoms. The van der Waals surface area contributed by atoms with E-state index in [-0.39, 0.29) is 47.5 Å². The average Bonchev–Trinajstić information content (AvgIpc) is 2.60. The van der Waals surface area contributed by atoms with Gasteiger partial charge in [-0.3, -0.25) is 9.78 Å². The van der Waals surface area contributed by atoms with E-state index < -0.39 is 29.2 Å². The fourth-order valence-electron chi connectivity index (χ4n) is 3.12. The van der Waals surface area contributed by atoms with Crippen LogP contribution in [-0.4, -0.2) is 15.9 Å². The first kappa shape index (κ1) is 17.9. The zero-order valence-electron chi connectivity index (χ0n) is 13.1. The number of aliphatic hydroxyl groups is 1. The lowest BCUT2D eigenvalue weighted by Crippen LogP contribution is -2.36. The Morgan fingerprint density at radius 2 is 2.08 bits per heavy atom. The highest BCUT2D eigenvalue weighted by atomic mass is 35.5. The third kappa shape index (κ3) is 3.28. The van der Waals surface area contributed by atoms with E-state index in [4.69, 9.17) is 11.6 Å². The van der Waals surface area contributed by atoms with Crippen molar-refractivity contribution in [2.24, 2.45) is 0 Å². The minimum atomic E-state index is -2.26. The van der Waals surface area contributed by atoms with Gasteiger partial charge in [0.2, 0.25) is 0 Å². The molecule has 1 aromatic heterocycles. The molecule has 0 saturated carbocycles. The molecule has 0 radical (unpaired) electrons. The topological polar surface area (TPSA) is 50.2 Å². The number of carbonyl (C=O) groups is 1. The molecule has 0 bridgehead atoms. The maximum absolute atomic E-state index is 15.4. The minimum absolute atomic E-state index is 0.0132. The second-order valence-corrected chi connectivity index (χ2v) is 6.48. The largest absolute Gasteiger partial charge is 0.387 e. The highest BCUT2D eigenvalue weighted by Crippen LogP contribution is 2.43. The lowest BCUT2D eigenvalue weighted by atomic mass is 9.77. The summed E-state index contributed by atoms with van der Waals surface area (Å²) in [5.41, 5.74) is -1.79. The predicted molar refractivity (Wildman–Crippen MR) is 85.9 cm³/mol. The van der Waals surface area contributed by atoms with E-state index in [2.05, 4.69) is 4.98 Å². The number of fused-ring (bicyclic) bond motifs is 1. The summed E-state index contributed by atoms with van der Waals surface area (Å²) in [4.78, 5) is 16.5. The van der Waals surface area contributed by atoms with Gasteiger partial charge in [0.25, 0.3) is 0 Å². The molecule has 0 spiro atoms. The number of rotatable bonds is 4. The van der Waals surface area contributed by atoms with Crippen molar-refractivity contribution < 1.29 is 23.1 Å². The van der Waals surface area contributed by atoms with E-state index in [1.54, 1.807) is 0 Å². The summed E-state index contributed by atoms with van der Waals surface area (Å²) >= 11 is 5.85. The van der Waals surface area contributed by atoms with Gasteiger partial charge >= 0.3 is 0 Å². The third-order valence-corrected chi connectivity index (χ3v) is 4.85. The monoisotopic (exact) mass is 369 g/mol. The Labute approximate surface area is 147 Å². The number of halogens is 4. The van der Waals surface area contributed by atoms with Crippen LogP contribution >= 0.6 is 11.6 Å². The minimum Gasteiger partial charge on any atom is -0.387 e. The molecule has 0 unspecified atom stereocenters. The van der Waals surface area contributed by atoms with Crippen molar-refractivity contribution >= 4 is 17.4 Å². The molecule has 1 N–H and O–H groups in total. The molecule has 0 aliphatic heterocycles. The summed E-state index contributed by atoms with van der Waals surface area (Å²) in [6, 6.07) is 4.69. The van der Waals surface area contributed by atoms with E-state index in [1.807, 2.05) is 0 Å². The lowest BCUT2D eigenvalue weighted by molar-refractivity contribution is -0.133. The smallest absolute Gasteiger partial charge is 0.195 e. The number of aryl methyl sites for hydroxylation is 1. The fourth-order valence-corrected chi connectivity index (χ4v) is 3.36. The van der Waals surface area contributed by atoms with Crippen LogP contribution in [0.2, 0.25) is 5.02 Å². The van der Waals surface area contributed by atoms with Crippen molar-refractivity contribution in [3.63, 3.8) is 0 Å². The van der Waals surface area contributed by atoms with Crippen LogP contribution < -0.4 is 0 Å². The first-order valence-electron chi connectivity index (χ1n) is 7.82. The van der Waals surface area contributed by atoms with Gasteiger partial charge in [0.1, 0.15) is 0 Å². The molecule has 1 heterocycles. The van der Waals surface area contributed by atoms with Gasteiger partial charge in [-0.05, 0) is 43.0 Å². The summed E-state index contributed by atoms with van der Waals surface area (Å²) in [5, 5.41) is 9.93. The van der Waals surface area contributed by atoms with Crippen LogP contribution in [0.4, 0.5) is 13.2 Å². The van der Waals surface area contributed by atoms with Crippen molar-refractivity contribution in [3.8, 4) is 0 Å². The molecule has 132 valence electrons. The number of benzene rings is 1. The first-order chi connectivity index (χ1) is 11.8. The third-order valence-electron chi connectivity index (χ3n) is 4.50. The van der Waals surface area contributed by atoms with Crippen LogP contribution in [0.5, 0.6) is 0 Å². The van der Waals surface area contributed by atoms with Crippen LogP contribution in [-0.2, 0) is 16.9 Å². The SMILES string of the molecule is O=C(CCc1cc(F)c(F)cc1Cl)[C@]1(F)CC[C@H](O)c2ncccc21. The number of alkyl halides is 1. The molecular weight excluding hydrogens is 355 g/mol. The Hall–Kier alpha value is -1.92. The van der Waals surface area contributed by atoms with Crippen molar-refractivity contribution in [1.82, 2.24) is 4.98 Å². The van der Waals surface area contributed by atoms with Crippen molar-refractivity contribution in [2.75, 3.05) is 0 Å². The molecule has 7 heteroatoms. The second kappa shape index (κ2) is 6.77. The van der Waals surface area contributed by atoms with Crippen molar-refractivity contribution in [2.45, 2.75) is 37.5 Å². The van der Waals surface area contributed by atoms with E-state index in [9.17, 15) is 18.7 Å². The van der Waals surface area contributed by atoms with Crippen molar-refractivity contribution in [3.05, 3.63) is 63.9 Å². The van der Waals surface area contributed by atoms with Gasteiger partial charge in [-0.2, -0.15) is 0 Å². The highest BCUT2D eigenvalue weighted by molar-refractivity contribution is 6.31. The second-order valence-electron chi connectivity index (χ2n) is 6.07. The van der Waals surface area contributed by atoms with E-state index in [0.29, 0.717) is 0 Å². The Balaban J connectivity index is 1.82. The molecular formula is C18H15ClF3NO2. The number of ketones is 1. The van der Waals surface area contributed by atoms with Gasteiger partial charge in [0.05, 0.1) is 11.8 Å². The number of aromatic nitrogens is 1. The van der Waals surface area contributed by atoms with Crippen LogP contribution in [0.25, 0.3) is 0 Å². The Kier molecular flexibility index (Phi) is 4.84. The number of aliphatic hydroxyl groups excluding tert-OH is 1. The van der Waals surface area contributed by atoms with E-state index in [1.165, 1.54) is 18.3 Å². The number of nitrogens with zero attached hydrogens (tertiary/aromatic N) is 1. The van der Waals surface area contributed by atoms with Crippen LogP contribution in [0.1, 0.15) is 42.2 Å². The lowest BCUT2D eigenvalue weighted by Gasteiger charge is -2.32. The summed E-state index contributed by atoms with van der Waals surface area (Å²) in [6.07, 6.45) is 0.201. The van der Waals surface area contributed by atoms with Gasteiger partial charge in [-0.15, -0.1) is 0 Å². The molecule has 2 aromatic rings. The molecule has 3 nitrogen and oxygen atoms in total. The number of carbonyl (C=O) groups excluding carboxylic acids is 1. The summed E-state index contributed by atoms with van der Waals surface area (Å²) in [7, 11) is 0. The van der Waals surface area contributed by atoms with Gasteiger partial charge < -0.3 is 5.11 Å². The summed E-state index contributed by atoms with van der Waals surface area (Å²) < 4.78 is 41.8. The van der Waals surface area contributed by atoms with E-state index in [0.717, 1.165) is 12.1 Å². The molecule has 0 saturated heterocycles. The summed E-state index contributed by atoms with van der Waals surface area (Å²) in [6.45, 7) is 0. The summed E-state index contributed by atoms with van der Waals surface area (Å²) in [5.74, 6) is -2.85. The number of hydrogen-bond acceptors (Lipinski definition) is 3. The fraction of sp³-hybridized carbons (Fsp3) is 0.333. The molecule has 0 fully saturated rings. The molecule has 3 rings (SSSR count). The zero-order chi connectivity index (χ0) is 18.2. The Morgan fingerprint density at radius 3 is 2.84 bits per heavy atom. The molecule has 1 aliphatic rings. The standard InChI is InChI=1S/C18H15ClF3NO2/c19-12-9-14(21)13(20)8-10(12)3-4-16(25)18(22)6-5-15(24)17-11(18)2-1-7-23-17/h1-2,7-9,15,24H,3-6H2/t15-,18-/m0/s1. The quantitative estimate of drug-likeness (QED) is 0.821.